The average molecular weight is 375 g/mol. The van der Waals surface area contributed by atoms with Gasteiger partial charge < -0.3 is 9.47 Å². The highest BCUT2D eigenvalue weighted by Crippen LogP contribution is 2.20. The Bertz CT molecular complexity index is 715. The van der Waals surface area contributed by atoms with Crippen molar-refractivity contribution in [1.29, 1.82) is 0 Å². The van der Waals surface area contributed by atoms with Gasteiger partial charge >= 0.3 is 0 Å². The van der Waals surface area contributed by atoms with E-state index in [2.05, 4.69) is 0 Å². The second-order valence-corrected chi connectivity index (χ2v) is 5.46. The zero-order chi connectivity index (χ0) is 17.9. The fourth-order valence-electron chi connectivity index (χ4n) is 2.23. The summed E-state index contributed by atoms with van der Waals surface area (Å²) in [6, 6.07) is 39.0. The number of rotatable bonds is 4. The third kappa shape index (κ3) is 7.30. The molecule has 0 saturated carbocycles. The van der Waals surface area contributed by atoms with Crippen LogP contribution in [0.1, 0.15) is 0 Å². The number of benzene rings is 4. The maximum absolute atomic E-state index is 5.58. The van der Waals surface area contributed by atoms with E-state index >= 15 is 0 Å². The molecule has 4 rings (SSSR count). The van der Waals surface area contributed by atoms with Crippen LogP contribution in [0.25, 0.3) is 0 Å². The van der Waals surface area contributed by atoms with Gasteiger partial charge in [-0.1, -0.05) is 72.8 Å². The zero-order valence-corrected chi connectivity index (χ0v) is 15.9. The van der Waals surface area contributed by atoms with Crippen LogP contribution in [0.4, 0.5) is 0 Å². The van der Waals surface area contributed by atoms with E-state index in [9.17, 15) is 0 Å². The van der Waals surface area contributed by atoms with Crippen molar-refractivity contribution in [1.82, 2.24) is 0 Å². The molecule has 27 heavy (non-hydrogen) atoms. The minimum atomic E-state index is 0. The van der Waals surface area contributed by atoms with E-state index in [1.165, 1.54) is 0 Å². The van der Waals surface area contributed by atoms with Crippen molar-refractivity contribution in [2.75, 3.05) is 0 Å². The second kappa shape index (κ2) is 11.4. The summed E-state index contributed by atoms with van der Waals surface area (Å²) in [6.45, 7) is 0. The van der Waals surface area contributed by atoms with E-state index in [0.717, 1.165) is 23.0 Å². The number of ether oxygens (including phenoxy) is 2. The van der Waals surface area contributed by atoms with E-state index in [1.54, 1.807) is 0 Å². The van der Waals surface area contributed by atoms with Gasteiger partial charge in [-0.3, -0.25) is 0 Å². The molecule has 0 N–H and O–H groups in total. The molecular weight excluding hydrogens is 352 g/mol. The first-order valence-electron chi connectivity index (χ1n) is 8.46. The Labute approximate surface area is 167 Å². The molecule has 0 heterocycles. The topological polar surface area (TPSA) is 18.5 Å². The van der Waals surface area contributed by atoms with Crippen LogP contribution in [-0.4, -0.2) is 0 Å². The highest BCUT2D eigenvalue weighted by Gasteiger charge is 1.93. The lowest BCUT2D eigenvalue weighted by Gasteiger charge is -2.03. The molecule has 0 spiro atoms. The predicted molar refractivity (Wildman–Crippen MR) is 116 cm³/mol. The molecule has 3 heteroatoms. The minimum Gasteiger partial charge on any atom is -0.457 e. The molecule has 0 atom stereocenters. The van der Waals surface area contributed by atoms with Gasteiger partial charge in [-0.25, -0.2) is 0 Å². The standard InChI is InChI=1S/2C12H10O.H2S/c2*1-3-7-11(8-4-1)13-12-9-5-2-6-10-12;/h2*1-10H;1H2. The second-order valence-electron chi connectivity index (χ2n) is 5.46. The zero-order valence-electron chi connectivity index (χ0n) is 14.9. The normalized spacial score (nSPS) is 9.19. The van der Waals surface area contributed by atoms with Gasteiger partial charge in [0.1, 0.15) is 23.0 Å². The Kier molecular flexibility index (Phi) is 8.54. The van der Waals surface area contributed by atoms with Gasteiger partial charge in [0.15, 0.2) is 0 Å². The Hall–Kier alpha value is -3.17. The third-order valence-electron chi connectivity index (χ3n) is 3.44. The monoisotopic (exact) mass is 374 g/mol. The quantitative estimate of drug-likeness (QED) is 0.380. The van der Waals surface area contributed by atoms with Crippen molar-refractivity contribution in [3.8, 4) is 23.0 Å². The van der Waals surface area contributed by atoms with Crippen molar-refractivity contribution < 1.29 is 9.47 Å². The molecule has 0 aromatic heterocycles. The molecular formula is C24H22O2S. The summed E-state index contributed by atoms with van der Waals surface area (Å²) in [5, 5.41) is 0. The molecule has 0 unspecified atom stereocenters. The van der Waals surface area contributed by atoms with Crippen molar-refractivity contribution in [2.24, 2.45) is 0 Å². The summed E-state index contributed by atoms with van der Waals surface area (Å²) in [4.78, 5) is 0. The van der Waals surface area contributed by atoms with E-state index in [-0.39, 0.29) is 13.5 Å². The molecule has 2 nitrogen and oxygen atoms in total. The molecule has 0 saturated heterocycles. The summed E-state index contributed by atoms with van der Waals surface area (Å²) in [5.41, 5.74) is 0. The number of hydrogen-bond donors (Lipinski definition) is 0. The Morgan fingerprint density at radius 2 is 0.481 bits per heavy atom. The molecule has 0 aliphatic heterocycles. The highest BCUT2D eigenvalue weighted by molar-refractivity contribution is 7.59. The Morgan fingerprint density at radius 3 is 0.667 bits per heavy atom. The van der Waals surface area contributed by atoms with Crippen LogP contribution >= 0.6 is 13.5 Å². The van der Waals surface area contributed by atoms with E-state index in [1.807, 2.05) is 121 Å². The first-order chi connectivity index (χ1) is 12.9. The number of hydrogen-bond acceptors (Lipinski definition) is 2. The first kappa shape index (κ1) is 20.1. The molecule has 4 aromatic carbocycles. The molecule has 0 amide bonds. The summed E-state index contributed by atoms with van der Waals surface area (Å²) in [5.74, 6) is 3.48. The number of para-hydroxylation sites is 4. The highest BCUT2D eigenvalue weighted by atomic mass is 32.1. The fraction of sp³-hybridized carbons (Fsp3) is 0. The lowest BCUT2D eigenvalue weighted by Crippen LogP contribution is -1.81. The third-order valence-corrected chi connectivity index (χ3v) is 3.44. The van der Waals surface area contributed by atoms with Crippen LogP contribution in [0.15, 0.2) is 121 Å². The van der Waals surface area contributed by atoms with Gasteiger partial charge in [0.25, 0.3) is 0 Å². The van der Waals surface area contributed by atoms with Crippen LogP contribution < -0.4 is 9.47 Å². The lowest BCUT2D eigenvalue weighted by atomic mass is 10.3. The van der Waals surface area contributed by atoms with E-state index in [0.29, 0.717) is 0 Å². The lowest BCUT2D eigenvalue weighted by molar-refractivity contribution is 0.482. The minimum absolute atomic E-state index is 0. The SMILES string of the molecule is S.c1ccc(Oc2ccccc2)cc1.c1ccc(Oc2ccccc2)cc1. The molecule has 0 fully saturated rings. The average Bonchev–Trinajstić information content (AvgIpc) is 2.72. The van der Waals surface area contributed by atoms with Gasteiger partial charge in [0.05, 0.1) is 0 Å². The van der Waals surface area contributed by atoms with Crippen LogP contribution in [0, 0.1) is 0 Å². The van der Waals surface area contributed by atoms with Gasteiger partial charge in [0.2, 0.25) is 0 Å². The van der Waals surface area contributed by atoms with E-state index in [4.69, 9.17) is 9.47 Å². The van der Waals surface area contributed by atoms with Crippen LogP contribution in [0.3, 0.4) is 0 Å². The first-order valence-corrected chi connectivity index (χ1v) is 8.46. The van der Waals surface area contributed by atoms with Crippen molar-refractivity contribution in [3.05, 3.63) is 121 Å². The molecule has 0 aliphatic rings. The molecule has 4 aromatic rings. The van der Waals surface area contributed by atoms with Crippen molar-refractivity contribution in [3.63, 3.8) is 0 Å². The van der Waals surface area contributed by atoms with Crippen LogP contribution in [-0.2, 0) is 0 Å². The maximum Gasteiger partial charge on any atom is 0.127 e. The molecule has 0 aliphatic carbocycles. The van der Waals surface area contributed by atoms with Gasteiger partial charge in [-0.2, -0.15) is 13.5 Å². The van der Waals surface area contributed by atoms with E-state index < -0.39 is 0 Å². The summed E-state index contributed by atoms with van der Waals surface area (Å²) >= 11 is 0. The molecule has 0 radical (unpaired) electrons. The largest absolute Gasteiger partial charge is 0.457 e. The fourth-order valence-corrected chi connectivity index (χ4v) is 2.23. The van der Waals surface area contributed by atoms with Crippen LogP contribution in [0.2, 0.25) is 0 Å². The van der Waals surface area contributed by atoms with Crippen LogP contribution in [0.5, 0.6) is 23.0 Å². The van der Waals surface area contributed by atoms with Gasteiger partial charge in [0, 0.05) is 0 Å². The summed E-state index contributed by atoms with van der Waals surface area (Å²) in [6.07, 6.45) is 0. The van der Waals surface area contributed by atoms with Gasteiger partial charge in [-0.05, 0) is 48.5 Å². The molecule has 136 valence electrons. The maximum atomic E-state index is 5.58. The van der Waals surface area contributed by atoms with Crippen molar-refractivity contribution >= 4 is 13.5 Å². The molecule has 0 bridgehead atoms. The summed E-state index contributed by atoms with van der Waals surface area (Å²) < 4.78 is 11.2. The Morgan fingerprint density at radius 1 is 0.296 bits per heavy atom. The predicted octanol–water partition coefficient (Wildman–Crippen LogP) is 7.07. The van der Waals surface area contributed by atoms with Gasteiger partial charge in [-0.15, -0.1) is 0 Å². The van der Waals surface area contributed by atoms with Crippen molar-refractivity contribution in [2.45, 2.75) is 0 Å². The summed E-state index contributed by atoms with van der Waals surface area (Å²) in [7, 11) is 0. The Balaban J connectivity index is 0.000000187. The smallest absolute Gasteiger partial charge is 0.127 e.